The van der Waals surface area contributed by atoms with E-state index < -0.39 is 39.5 Å². The van der Waals surface area contributed by atoms with Crippen LogP contribution in [0, 0.1) is 5.82 Å². The van der Waals surface area contributed by atoms with E-state index in [0.717, 1.165) is 31.0 Å². The standard InChI is InChI=1S/C13H16FNO5S/c14-10-6-5-8(7-9(10)13(17)18)21(19,20)15-11-3-1-2-4-12(11)16/h5-7,11-12,15-16H,1-4H2,(H,17,18). The van der Waals surface area contributed by atoms with Crippen LogP contribution in [0.15, 0.2) is 23.1 Å². The smallest absolute Gasteiger partial charge is 0.338 e. The van der Waals surface area contributed by atoms with E-state index in [1.54, 1.807) is 0 Å². The van der Waals surface area contributed by atoms with E-state index in [2.05, 4.69) is 4.72 Å². The van der Waals surface area contributed by atoms with Crippen molar-refractivity contribution in [2.24, 2.45) is 0 Å². The second-order valence-electron chi connectivity index (χ2n) is 5.03. The Balaban J connectivity index is 2.27. The molecule has 8 heteroatoms. The van der Waals surface area contributed by atoms with Crippen LogP contribution < -0.4 is 4.72 Å². The second-order valence-corrected chi connectivity index (χ2v) is 6.74. The van der Waals surface area contributed by atoms with Crippen LogP contribution in [0.3, 0.4) is 0 Å². The molecule has 0 aliphatic heterocycles. The molecule has 6 nitrogen and oxygen atoms in total. The number of nitrogens with one attached hydrogen (secondary N) is 1. The fourth-order valence-electron chi connectivity index (χ4n) is 2.35. The summed E-state index contributed by atoms with van der Waals surface area (Å²) in [4.78, 5) is 10.5. The first-order chi connectivity index (χ1) is 9.81. The Bertz CT molecular complexity index is 646. The number of aliphatic hydroxyl groups excluding tert-OH is 1. The van der Waals surface area contributed by atoms with Gasteiger partial charge in [0.25, 0.3) is 0 Å². The van der Waals surface area contributed by atoms with Gasteiger partial charge in [-0.25, -0.2) is 22.3 Å². The van der Waals surface area contributed by atoms with Gasteiger partial charge >= 0.3 is 5.97 Å². The third kappa shape index (κ3) is 3.58. The maximum Gasteiger partial charge on any atom is 0.338 e. The average Bonchev–Trinajstić information content (AvgIpc) is 2.41. The van der Waals surface area contributed by atoms with Crippen molar-refractivity contribution in [1.82, 2.24) is 4.72 Å². The van der Waals surface area contributed by atoms with Gasteiger partial charge in [0.05, 0.1) is 16.6 Å². The van der Waals surface area contributed by atoms with Gasteiger partial charge in [-0.1, -0.05) is 12.8 Å². The van der Waals surface area contributed by atoms with Gasteiger partial charge in [0.1, 0.15) is 5.82 Å². The van der Waals surface area contributed by atoms with Crippen molar-refractivity contribution in [3.8, 4) is 0 Å². The van der Waals surface area contributed by atoms with Crippen molar-refractivity contribution < 1.29 is 27.8 Å². The molecule has 0 amide bonds. The molecule has 21 heavy (non-hydrogen) atoms. The summed E-state index contributed by atoms with van der Waals surface area (Å²) in [5.74, 6) is -2.54. The number of carboxylic acid groups (broad SMARTS) is 1. The Kier molecular flexibility index (Phi) is 4.60. The van der Waals surface area contributed by atoms with Crippen LogP contribution in [-0.4, -0.2) is 36.7 Å². The highest BCUT2D eigenvalue weighted by molar-refractivity contribution is 7.89. The largest absolute Gasteiger partial charge is 0.478 e. The molecule has 1 saturated carbocycles. The van der Waals surface area contributed by atoms with E-state index in [9.17, 15) is 22.7 Å². The molecular formula is C13H16FNO5S. The molecule has 116 valence electrons. The zero-order chi connectivity index (χ0) is 15.6. The van der Waals surface area contributed by atoms with Crippen LogP contribution in [0.2, 0.25) is 0 Å². The molecule has 0 heterocycles. The number of hydrogen-bond donors (Lipinski definition) is 3. The summed E-state index contributed by atoms with van der Waals surface area (Å²) in [5.41, 5.74) is -0.706. The minimum absolute atomic E-state index is 0.334. The van der Waals surface area contributed by atoms with Crippen LogP contribution in [0.5, 0.6) is 0 Å². The molecule has 1 aliphatic rings. The molecule has 0 aromatic heterocycles. The number of carbonyl (C=O) groups is 1. The Morgan fingerprint density at radius 2 is 1.95 bits per heavy atom. The van der Waals surface area contributed by atoms with Crippen LogP contribution >= 0.6 is 0 Å². The minimum Gasteiger partial charge on any atom is -0.478 e. The summed E-state index contributed by atoms with van der Waals surface area (Å²) >= 11 is 0. The fourth-order valence-corrected chi connectivity index (χ4v) is 3.68. The Morgan fingerprint density at radius 3 is 2.57 bits per heavy atom. The molecule has 1 fully saturated rings. The fraction of sp³-hybridized carbons (Fsp3) is 0.462. The maximum atomic E-state index is 13.3. The molecule has 0 spiro atoms. The van der Waals surface area contributed by atoms with Gasteiger partial charge in [-0.05, 0) is 31.0 Å². The lowest BCUT2D eigenvalue weighted by molar-refractivity contribution is 0.0691. The number of carboxylic acids is 1. The first kappa shape index (κ1) is 15.9. The van der Waals surface area contributed by atoms with Gasteiger partial charge in [-0.2, -0.15) is 0 Å². The highest BCUT2D eigenvalue weighted by atomic mass is 32.2. The zero-order valence-corrected chi connectivity index (χ0v) is 11.9. The van der Waals surface area contributed by atoms with Gasteiger partial charge in [-0.3, -0.25) is 0 Å². The summed E-state index contributed by atoms with van der Waals surface area (Å²) in [6, 6.07) is 1.96. The molecule has 0 radical (unpaired) electrons. The monoisotopic (exact) mass is 317 g/mol. The van der Waals surface area contributed by atoms with E-state index >= 15 is 0 Å². The maximum absolute atomic E-state index is 13.3. The van der Waals surface area contributed by atoms with Gasteiger partial charge in [0.15, 0.2) is 0 Å². The van der Waals surface area contributed by atoms with Crippen LogP contribution in [-0.2, 0) is 10.0 Å². The number of benzene rings is 1. The SMILES string of the molecule is O=C(O)c1cc(S(=O)(=O)NC2CCCCC2O)ccc1F. The van der Waals surface area contributed by atoms with Crippen molar-refractivity contribution in [2.45, 2.75) is 42.7 Å². The topological polar surface area (TPSA) is 104 Å². The van der Waals surface area contributed by atoms with Crippen molar-refractivity contribution in [3.05, 3.63) is 29.6 Å². The predicted octanol–water partition coefficient (Wildman–Crippen LogP) is 1.11. The quantitative estimate of drug-likeness (QED) is 0.771. The van der Waals surface area contributed by atoms with Crippen LogP contribution in [0.1, 0.15) is 36.0 Å². The lowest BCUT2D eigenvalue weighted by Gasteiger charge is -2.28. The van der Waals surface area contributed by atoms with Gasteiger partial charge in [-0.15, -0.1) is 0 Å². The molecule has 0 bridgehead atoms. The van der Waals surface area contributed by atoms with Crippen molar-refractivity contribution in [1.29, 1.82) is 0 Å². The summed E-state index contributed by atoms with van der Waals surface area (Å²) in [7, 11) is -4.01. The van der Waals surface area contributed by atoms with E-state index in [1.165, 1.54) is 0 Å². The third-order valence-electron chi connectivity index (χ3n) is 3.51. The summed E-state index contributed by atoms with van der Waals surface area (Å²) < 4.78 is 40.0. The number of halogens is 1. The predicted molar refractivity (Wildman–Crippen MR) is 71.9 cm³/mol. The highest BCUT2D eigenvalue weighted by Crippen LogP contribution is 2.21. The Morgan fingerprint density at radius 1 is 1.29 bits per heavy atom. The number of sulfonamides is 1. The van der Waals surface area contributed by atoms with Crippen LogP contribution in [0.4, 0.5) is 4.39 Å². The second kappa shape index (κ2) is 6.08. The summed E-state index contributed by atoms with van der Waals surface area (Å²) in [6.45, 7) is 0. The lowest BCUT2D eigenvalue weighted by Crippen LogP contribution is -2.44. The Hall–Kier alpha value is -1.51. The molecule has 1 aliphatic carbocycles. The summed E-state index contributed by atoms with van der Waals surface area (Å²) in [5, 5.41) is 18.6. The first-order valence-electron chi connectivity index (χ1n) is 6.54. The van der Waals surface area contributed by atoms with Gasteiger partial charge in [0.2, 0.25) is 10.0 Å². The van der Waals surface area contributed by atoms with E-state index in [0.29, 0.717) is 12.8 Å². The third-order valence-corrected chi connectivity index (χ3v) is 5.00. The lowest BCUT2D eigenvalue weighted by atomic mass is 9.93. The Labute approximate surface area is 121 Å². The van der Waals surface area contributed by atoms with Crippen molar-refractivity contribution in [2.75, 3.05) is 0 Å². The highest BCUT2D eigenvalue weighted by Gasteiger charge is 2.28. The first-order valence-corrected chi connectivity index (χ1v) is 8.03. The molecule has 3 N–H and O–H groups in total. The molecule has 0 saturated heterocycles. The average molecular weight is 317 g/mol. The molecule has 1 aromatic carbocycles. The van der Waals surface area contributed by atoms with E-state index in [4.69, 9.17) is 5.11 Å². The number of hydrogen-bond acceptors (Lipinski definition) is 4. The molecule has 1 aromatic rings. The van der Waals surface area contributed by atoms with Gasteiger partial charge in [0, 0.05) is 6.04 Å². The van der Waals surface area contributed by atoms with E-state index in [1.807, 2.05) is 0 Å². The van der Waals surface area contributed by atoms with E-state index in [-0.39, 0.29) is 4.90 Å². The van der Waals surface area contributed by atoms with Crippen LogP contribution in [0.25, 0.3) is 0 Å². The number of aliphatic hydroxyl groups is 1. The van der Waals surface area contributed by atoms with Crippen molar-refractivity contribution in [3.63, 3.8) is 0 Å². The molecule has 2 rings (SSSR count). The van der Waals surface area contributed by atoms with Crippen molar-refractivity contribution >= 4 is 16.0 Å². The molecular weight excluding hydrogens is 301 g/mol. The zero-order valence-electron chi connectivity index (χ0n) is 11.1. The van der Waals surface area contributed by atoms with Gasteiger partial charge < -0.3 is 10.2 Å². The molecule has 2 unspecified atom stereocenters. The summed E-state index contributed by atoms with van der Waals surface area (Å²) in [6.07, 6.45) is 1.88. The molecule has 2 atom stereocenters. The normalized spacial score (nSPS) is 23.0. The number of rotatable bonds is 4. The minimum atomic E-state index is -4.01. The number of aromatic carboxylic acids is 1.